The van der Waals surface area contributed by atoms with Crippen molar-refractivity contribution in [2.24, 2.45) is 5.73 Å². The van der Waals surface area contributed by atoms with Gasteiger partial charge in [0.2, 0.25) is 0 Å². The minimum atomic E-state index is -0.139. The van der Waals surface area contributed by atoms with Crippen molar-refractivity contribution < 1.29 is 4.74 Å². The van der Waals surface area contributed by atoms with E-state index in [2.05, 4.69) is 0 Å². The molecule has 1 aliphatic carbocycles. The highest BCUT2D eigenvalue weighted by Gasteiger charge is 2.20. The first-order valence-electron chi connectivity index (χ1n) is 3.65. The van der Waals surface area contributed by atoms with Crippen LogP contribution in [0, 0.1) is 0 Å². The van der Waals surface area contributed by atoms with Crippen molar-refractivity contribution in [2.45, 2.75) is 39.2 Å². The highest BCUT2D eigenvalue weighted by atomic mass is 16.5. The van der Waals surface area contributed by atoms with Gasteiger partial charge >= 0.3 is 0 Å². The van der Waals surface area contributed by atoms with Gasteiger partial charge in [0.05, 0.1) is 0 Å². The minimum absolute atomic E-state index is 0.139. The second-order valence-corrected chi connectivity index (χ2v) is 3.68. The molecule has 0 aliphatic heterocycles. The molecule has 1 rings (SSSR count). The van der Waals surface area contributed by atoms with Crippen LogP contribution in [-0.4, -0.2) is 5.60 Å². The fraction of sp³-hybridized carbons (Fsp3) is 0.750. The molecule has 2 heteroatoms. The molecular weight excluding hydrogens is 126 g/mol. The SMILES string of the molecule is CC(C)(C)OC(N)=C1CC1. The van der Waals surface area contributed by atoms with E-state index in [0.717, 1.165) is 12.8 Å². The molecule has 1 fully saturated rings. The molecule has 1 aliphatic rings. The molecular formula is C8H15NO. The van der Waals surface area contributed by atoms with E-state index in [-0.39, 0.29) is 5.60 Å². The van der Waals surface area contributed by atoms with Crippen LogP contribution in [0.1, 0.15) is 33.6 Å². The van der Waals surface area contributed by atoms with E-state index >= 15 is 0 Å². The zero-order valence-electron chi connectivity index (χ0n) is 6.90. The van der Waals surface area contributed by atoms with Gasteiger partial charge in [-0.3, -0.25) is 0 Å². The first-order valence-corrected chi connectivity index (χ1v) is 3.65. The van der Waals surface area contributed by atoms with Crippen LogP contribution >= 0.6 is 0 Å². The van der Waals surface area contributed by atoms with Crippen LogP contribution in [0.5, 0.6) is 0 Å². The van der Waals surface area contributed by atoms with Crippen molar-refractivity contribution in [3.8, 4) is 0 Å². The van der Waals surface area contributed by atoms with E-state index in [0.29, 0.717) is 5.88 Å². The van der Waals surface area contributed by atoms with Gasteiger partial charge in [-0.15, -0.1) is 0 Å². The monoisotopic (exact) mass is 141 g/mol. The number of ether oxygens (including phenoxy) is 1. The zero-order chi connectivity index (χ0) is 7.78. The quantitative estimate of drug-likeness (QED) is 0.565. The van der Waals surface area contributed by atoms with Gasteiger partial charge in [-0.2, -0.15) is 0 Å². The van der Waals surface area contributed by atoms with Crippen molar-refractivity contribution in [2.75, 3.05) is 0 Å². The van der Waals surface area contributed by atoms with Gasteiger partial charge in [-0.25, -0.2) is 0 Å². The molecule has 1 saturated carbocycles. The second kappa shape index (κ2) is 2.19. The van der Waals surface area contributed by atoms with Gasteiger partial charge in [0.25, 0.3) is 0 Å². The van der Waals surface area contributed by atoms with Crippen LogP contribution in [-0.2, 0) is 4.74 Å². The van der Waals surface area contributed by atoms with Crippen LogP contribution in [0.25, 0.3) is 0 Å². The largest absolute Gasteiger partial charge is 0.474 e. The first kappa shape index (κ1) is 7.45. The van der Waals surface area contributed by atoms with Gasteiger partial charge in [0, 0.05) is 0 Å². The summed E-state index contributed by atoms with van der Waals surface area (Å²) in [7, 11) is 0. The van der Waals surface area contributed by atoms with Crippen LogP contribution in [0.3, 0.4) is 0 Å². The van der Waals surface area contributed by atoms with E-state index in [9.17, 15) is 0 Å². The summed E-state index contributed by atoms with van der Waals surface area (Å²) in [6.07, 6.45) is 2.25. The Morgan fingerprint density at radius 3 is 2.20 bits per heavy atom. The summed E-state index contributed by atoms with van der Waals surface area (Å²) in [6.45, 7) is 6.01. The van der Waals surface area contributed by atoms with Crippen molar-refractivity contribution >= 4 is 0 Å². The molecule has 0 spiro atoms. The number of rotatable bonds is 1. The number of hydrogen-bond donors (Lipinski definition) is 1. The first-order chi connectivity index (χ1) is 4.49. The van der Waals surface area contributed by atoms with E-state index in [1.807, 2.05) is 20.8 Å². The summed E-state index contributed by atoms with van der Waals surface area (Å²) in [6, 6.07) is 0. The molecule has 0 bridgehead atoms. The van der Waals surface area contributed by atoms with E-state index < -0.39 is 0 Å². The summed E-state index contributed by atoms with van der Waals surface area (Å²) in [5, 5.41) is 0. The number of allylic oxidation sites excluding steroid dienone is 1. The normalized spacial score (nSPS) is 16.9. The Morgan fingerprint density at radius 2 is 1.90 bits per heavy atom. The smallest absolute Gasteiger partial charge is 0.183 e. The standard InChI is InChI=1S/C8H15NO/c1-8(2,3)10-7(9)6-4-5-6/h4-5,9H2,1-3H3. The molecule has 2 nitrogen and oxygen atoms in total. The fourth-order valence-electron chi connectivity index (χ4n) is 0.711. The molecule has 10 heavy (non-hydrogen) atoms. The van der Waals surface area contributed by atoms with Crippen LogP contribution in [0.2, 0.25) is 0 Å². The number of hydrogen-bond acceptors (Lipinski definition) is 2. The summed E-state index contributed by atoms with van der Waals surface area (Å²) in [5.41, 5.74) is 6.76. The van der Waals surface area contributed by atoms with Gasteiger partial charge in [-0.05, 0) is 39.2 Å². The Hall–Kier alpha value is -0.660. The predicted octanol–water partition coefficient (Wildman–Crippen LogP) is 1.77. The Morgan fingerprint density at radius 1 is 1.40 bits per heavy atom. The van der Waals surface area contributed by atoms with Crippen molar-refractivity contribution in [3.05, 3.63) is 11.5 Å². The van der Waals surface area contributed by atoms with Crippen molar-refractivity contribution in [1.82, 2.24) is 0 Å². The molecule has 0 saturated heterocycles. The summed E-state index contributed by atoms with van der Waals surface area (Å²) in [5.74, 6) is 0.646. The third-order valence-electron chi connectivity index (χ3n) is 1.26. The molecule has 0 unspecified atom stereocenters. The second-order valence-electron chi connectivity index (χ2n) is 3.68. The van der Waals surface area contributed by atoms with E-state index in [1.165, 1.54) is 5.57 Å². The molecule has 0 aromatic carbocycles. The Balaban J connectivity index is 2.46. The van der Waals surface area contributed by atoms with Crippen LogP contribution in [0.15, 0.2) is 11.5 Å². The average molecular weight is 141 g/mol. The van der Waals surface area contributed by atoms with Gasteiger partial charge in [-0.1, -0.05) is 0 Å². The fourth-order valence-corrected chi connectivity index (χ4v) is 0.711. The predicted molar refractivity (Wildman–Crippen MR) is 41.3 cm³/mol. The van der Waals surface area contributed by atoms with Gasteiger partial charge in [0.1, 0.15) is 5.60 Å². The topological polar surface area (TPSA) is 35.2 Å². The molecule has 2 N–H and O–H groups in total. The van der Waals surface area contributed by atoms with Crippen molar-refractivity contribution in [1.29, 1.82) is 0 Å². The summed E-state index contributed by atoms with van der Waals surface area (Å²) in [4.78, 5) is 0. The third-order valence-corrected chi connectivity index (χ3v) is 1.26. The highest BCUT2D eigenvalue weighted by molar-refractivity contribution is 5.19. The molecule has 0 aromatic rings. The maximum absolute atomic E-state index is 5.62. The molecule has 0 radical (unpaired) electrons. The van der Waals surface area contributed by atoms with Crippen LogP contribution in [0.4, 0.5) is 0 Å². The zero-order valence-corrected chi connectivity index (χ0v) is 6.90. The van der Waals surface area contributed by atoms with Crippen LogP contribution < -0.4 is 5.73 Å². The van der Waals surface area contributed by atoms with E-state index in [4.69, 9.17) is 10.5 Å². The Kier molecular flexibility index (Phi) is 1.63. The molecule has 58 valence electrons. The van der Waals surface area contributed by atoms with Gasteiger partial charge < -0.3 is 10.5 Å². The number of nitrogens with two attached hydrogens (primary N) is 1. The lowest BCUT2D eigenvalue weighted by Gasteiger charge is -2.20. The maximum atomic E-state index is 5.62. The summed E-state index contributed by atoms with van der Waals surface area (Å²) >= 11 is 0. The molecule has 0 heterocycles. The Bertz CT molecular complexity index is 159. The third kappa shape index (κ3) is 2.29. The lowest BCUT2D eigenvalue weighted by molar-refractivity contribution is 0.0496. The molecule has 0 aromatic heterocycles. The lowest BCUT2D eigenvalue weighted by Crippen LogP contribution is -2.21. The highest BCUT2D eigenvalue weighted by Crippen LogP contribution is 2.31. The van der Waals surface area contributed by atoms with Crippen molar-refractivity contribution in [3.63, 3.8) is 0 Å². The maximum Gasteiger partial charge on any atom is 0.183 e. The average Bonchev–Trinajstić information content (AvgIpc) is 2.35. The summed E-state index contributed by atoms with van der Waals surface area (Å²) < 4.78 is 5.42. The van der Waals surface area contributed by atoms with Gasteiger partial charge in [0.15, 0.2) is 5.88 Å². The molecule has 0 amide bonds. The Labute approximate surface area is 62.1 Å². The molecule has 0 atom stereocenters. The van der Waals surface area contributed by atoms with E-state index in [1.54, 1.807) is 0 Å². The lowest BCUT2D eigenvalue weighted by atomic mass is 10.2. The minimum Gasteiger partial charge on any atom is -0.474 e.